The third-order valence-electron chi connectivity index (χ3n) is 1.95. The Hall–Kier alpha value is -1.16. The molecule has 2 rings (SSSR count). The van der Waals surface area contributed by atoms with E-state index in [1.807, 2.05) is 37.2 Å². The van der Waals surface area contributed by atoms with E-state index in [0.29, 0.717) is 0 Å². The van der Waals surface area contributed by atoms with Crippen molar-refractivity contribution in [1.82, 2.24) is 9.97 Å². The molecule has 0 atom stereocenters. The van der Waals surface area contributed by atoms with Gasteiger partial charge in [0.2, 0.25) is 0 Å². The quantitative estimate of drug-likeness (QED) is 0.780. The van der Waals surface area contributed by atoms with Gasteiger partial charge in [-0.25, -0.2) is 4.98 Å². The standard InChI is InChI=1S/C10H10BrN3/c1-14(2)10-4-3-8-9(13-10)5-7(11)6-12-8/h3-6H,1-2H3. The monoisotopic (exact) mass is 251 g/mol. The van der Waals surface area contributed by atoms with Crippen LogP contribution in [-0.2, 0) is 0 Å². The van der Waals surface area contributed by atoms with E-state index in [0.717, 1.165) is 21.3 Å². The summed E-state index contributed by atoms with van der Waals surface area (Å²) in [5.41, 5.74) is 1.82. The van der Waals surface area contributed by atoms with Crippen molar-refractivity contribution in [3.05, 3.63) is 28.9 Å². The highest BCUT2D eigenvalue weighted by atomic mass is 79.9. The minimum Gasteiger partial charge on any atom is -0.363 e. The Balaban J connectivity index is 2.63. The van der Waals surface area contributed by atoms with E-state index in [2.05, 4.69) is 25.9 Å². The second-order valence-corrected chi connectivity index (χ2v) is 4.17. The molecular weight excluding hydrogens is 242 g/mol. The van der Waals surface area contributed by atoms with E-state index in [4.69, 9.17) is 0 Å². The minimum absolute atomic E-state index is 0.908. The van der Waals surface area contributed by atoms with Gasteiger partial charge in [-0.05, 0) is 34.1 Å². The van der Waals surface area contributed by atoms with Crippen molar-refractivity contribution in [1.29, 1.82) is 0 Å². The van der Waals surface area contributed by atoms with E-state index in [1.165, 1.54) is 0 Å². The third kappa shape index (κ3) is 1.70. The average Bonchev–Trinajstić information content (AvgIpc) is 2.16. The van der Waals surface area contributed by atoms with E-state index >= 15 is 0 Å². The summed E-state index contributed by atoms with van der Waals surface area (Å²) >= 11 is 3.38. The summed E-state index contributed by atoms with van der Waals surface area (Å²) in [7, 11) is 3.94. The number of rotatable bonds is 1. The van der Waals surface area contributed by atoms with Crippen LogP contribution < -0.4 is 4.90 Å². The van der Waals surface area contributed by atoms with Crippen molar-refractivity contribution < 1.29 is 0 Å². The van der Waals surface area contributed by atoms with Gasteiger partial charge in [-0.15, -0.1) is 0 Å². The van der Waals surface area contributed by atoms with Gasteiger partial charge in [0.1, 0.15) is 5.82 Å². The van der Waals surface area contributed by atoms with Crippen LogP contribution in [0.2, 0.25) is 0 Å². The second-order valence-electron chi connectivity index (χ2n) is 3.26. The lowest BCUT2D eigenvalue weighted by Crippen LogP contribution is -2.10. The molecule has 4 heteroatoms. The van der Waals surface area contributed by atoms with Crippen LogP contribution >= 0.6 is 15.9 Å². The molecule has 3 nitrogen and oxygen atoms in total. The summed E-state index contributed by atoms with van der Waals surface area (Å²) in [4.78, 5) is 10.7. The molecule has 2 aromatic rings. The molecule has 0 aromatic carbocycles. The number of nitrogens with zero attached hydrogens (tertiary/aromatic N) is 3. The first-order valence-corrected chi connectivity index (χ1v) is 5.06. The Morgan fingerprint density at radius 1 is 1.21 bits per heavy atom. The Bertz CT molecular complexity index is 468. The minimum atomic E-state index is 0.908. The highest BCUT2D eigenvalue weighted by molar-refractivity contribution is 9.10. The lowest BCUT2D eigenvalue weighted by Gasteiger charge is -2.11. The summed E-state index contributed by atoms with van der Waals surface area (Å²) in [6.07, 6.45) is 1.78. The van der Waals surface area contributed by atoms with Crippen molar-refractivity contribution in [2.45, 2.75) is 0 Å². The van der Waals surface area contributed by atoms with E-state index in [1.54, 1.807) is 6.20 Å². The lowest BCUT2D eigenvalue weighted by atomic mass is 10.3. The first-order chi connectivity index (χ1) is 6.66. The average molecular weight is 252 g/mol. The van der Waals surface area contributed by atoms with Crippen molar-refractivity contribution in [3.63, 3.8) is 0 Å². The molecular formula is C10H10BrN3. The molecule has 0 N–H and O–H groups in total. The van der Waals surface area contributed by atoms with Gasteiger partial charge in [0.15, 0.2) is 0 Å². The number of halogens is 1. The summed E-state index contributed by atoms with van der Waals surface area (Å²) in [6.45, 7) is 0. The fraction of sp³-hybridized carbons (Fsp3) is 0.200. The van der Waals surface area contributed by atoms with Crippen LogP contribution in [0.5, 0.6) is 0 Å². The Labute approximate surface area is 90.9 Å². The fourth-order valence-corrected chi connectivity index (χ4v) is 1.54. The van der Waals surface area contributed by atoms with Crippen LogP contribution in [0.1, 0.15) is 0 Å². The molecule has 0 amide bonds. The molecule has 0 saturated heterocycles. The maximum Gasteiger partial charge on any atom is 0.128 e. The molecule has 0 aliphatic heterocycles. The van der Waals surface area contributed by atoms with Crippen LogP contribution in [0.25, 0.3) is 11.0 Å². The zero-order valence-electron chi connectivity index (χ0n) is 8.03. The highest BCUT2D eigenvalue weighted by Crippen LogP contribution is 2.18. The third-order valence-corrected chi connectivity index (χ3v) is 2.38. The van der Waals surface area contributed by atoms with E-state index in [9.17, 15) is 0 Å². The van der Waals surface area contributed by atoms with Crippen LogP contribution in [0.15, 0.2) is 28.9 Å². The van der Waals surface area contributed by atoms with Crippen molar-refractivity contribution in [3.8, 4) is 0 Å². The molecule has 0 bridgehead atoms. The molecule has 0 radical (unpaired) electrons. The highest BCUT2D eigenvalue weighted by Gasteiger charge is 2.00. The molecule has 0 fully saturated rings. The van der Waals surface area contributed by atoms with Crippen molar-refractivity contribution in [2.24, 2.45) is 0 Å². The van der Waals surface area contributed by atoms with Crippen molar-refractivity contribution in [2.75, 3.05) is 19.0 Å². The smallest absolute Gasteiger partial charge is 0.128 e. The first kappa shape index (κ1) is 9.40. The predicted molar refractivity (Wildman–Crippen MR) is 61.6 cm³/mol. The zero-order chi connectivity index (χ0) is 10.1. The number of fused-ring (bicyclic) bond motifs is 1. The van der Waals surface area contributed by atoms with Crippen molar-refractivity contribution >= 4 is 32.8 Å². The largest absolute Gasteiger partial charge is 0.363 e. The summed E-state index contributed by atoms with van der Waals surface area (Å²) in [5.74, 6) is 0.942. The van der Waals surface area contributed by atoms with E-state index < -0.39 is 0 Å². The van der Waals surface area contributed by atoms with Gasteiger partial charge in [0, 0.05) is 24.8 Å². The van der Waals surface area contributed by atoms with Crippen LogP contribution in [0.4, 0.5) is 5.82 Å². The van der Waals surface area contributed by atoms with Gasteiger partial charge < -0.3 is 4.90 Å². The topological polar surface area (TPSA) is 29.0 Å². The number of anilines is 1. The Kier molecular flexibility index (Phi) is 2.37. The van der Waals surface area contributed by atoms with Crippen LogP contribution in [0, 0.1) is 0 Å². The number of hydrogen-bond acceptors (Lipinski definition) is 3. The number of pyridine rings is 2. The molecule has 0 saturated carbocycles. The van der Waals surface area contributed by atoms with Gasteiger partial charge in [0.05, 0.1) is 11.0 Å². The molecule has 0 spiro atoms. The first-order valence-electron chi connectivity index (χ1n) is 4.26. The fourth-order valence-electron chi connectivity index (χ4n) is 1.22. The molecule has 2 aromatic heterocycles. The number of hydrogen-bond donors (Lipinski definition) is 0. The summed E-state index contributed by atoms with van der Waals surface area (Å²) in [6, 6.07) is 5.91. The van der Waals surface area contributed by atoms with Crippen LogP contribution in [-0.4, -0.2) is 24.1 Å². The van der Waals surface area contributed by atoms with Gasteiger partial charge in [-0.1, -0.05) is 0 Å². The van der Waals surface area contributed by atoms with Gasteiger partial charge in [-0.3, -0.25) is 4.98 Å². The second kappa shape index (κ2) is 3.53. The van der Waals surface area contributed by atoms with Gasteiger partial charge in [-0.2, -0.15) is 0 Å². The van der Waals surface area contributed by atoms with E-state index in [-0.39, 0.29) is 0 Å². The molecule has 2 heterocycles. The molecule has 0 aliphatic rings. The maximum atomic E-state index is 4.47. The Morgan fingerprint density at radius 3 is 2.71 bits per heavy atom. The predicted octanol–water partition coefficient (Wildman–Crippen LogP) is 2.46. The lowest BCUT2D eigenvalue weighted by molar-refractivity contribution is 1.08. The number of aromatic nitrogens is 2. The molecule has 72 valence electrons. The summed E-state index contributed by atoms with van der Waals surface area (Å²) in [5, 5.41) is 0. The van der Waals surface area contributed by atoms with Crippen LogP contribution in [0.3, 0.4) is 0 Å². The Morgan fingerprint density at radius 2 is 2.00 bits per heavy atom. The zero-order valence-corrected chi connectivity index (χ0v) is 9.62. The van der Waals surface area contributed by atoms with Gasteiger partial charge >= 0.3 is 0 Å². The maximum absolute atomic E-state index is 4.47. The van der Waals surface area contributed by atoms with Gasteiger partial charge in [0.25, 0.3) is 0 Å². The normalized spacial score (nSPS) is 10.5. The molecule has 0 unspecified atom stereocenters. The summed E-state index contributed by atoms with van der Waals surface area (Å²) < 4.78 is 0.952. The molecule has 14 heavy (non-hydrogen) atoms. The SMILES string of the molecule is CN(C)c1ccc2ncc(Br)cc2n1. The molecule has 0 aliphatic carbocycles.